The molecular weight excluding hydrogens is 370 g/mol. The van der Waals surface area contributed by atoms with Crippen LogP contribution >= 0.6 is 12.2 Å². The van der Waals surface area contributed by atoms with Crippen LogP contribution in [0.2, 0.25) is 0 Å². The first-order valence-electron chi connectivity index (χ1n) is 9.41. The Morgan fingerprint density at radius 1 is 1.11 bits per heavy atom. The summed E-state index contributed by atoms with van der Waals surface area (Å²) in [5, 5.41) is 13.5. The predicted molar refractivity (Wildman–Crippen MR) is 112 cm³/mol. The average Bonchev–Trinajstić information content (AvgIpc) is 3.31. The fraction of sp³-hybridized carbons (Fsp3) is 0.286. The van der Waals surface area contributed by atoms with Gasteiger partial charge >= 0.3 is 0 Å². The van der Waals surface area contributed by atoms with Crippen LogP contribution in [0, 0.1) is 0 Å². The van der Waals surface area contributed by atoms with Crippen molar-refractivity contribution in [3.05, 3.63) is 84.2 Å². The van der Waals surface area contributed by atoms with Crippen molar-refractivity contribution in [2.24, 2.45) is 0 Å². The van der Waals surface area contributed by atoms with Crippen molar-refractivity contribution >= 4 is 17.3 Å². The highest BCUT2D eigenvalue weighted by molar-refractivity contribution is 7.80. The van der Waals surface area contributed by atoms with E-state index in [1.54, 1.807) is 6.20 Å². The molecule has 3 aromatic heterocycles. The van der Waals surface area contributed by atoms with Gasteiger partial charge in [0.15, 0.2) is 5.11 Å². The van der Waals surface area contributed by atoms with E-state index < -0.39 is 0 Å². The van der Waals surface area contributed by atoms with Crippen LogP contribution < -0.4 is 5.32 Å². The lowest BCUT2D eigenvalue weighted by Gasteiger charge is -2.28. The van der Waals surface area contributed by atoms with Crippen LogP contribution in [-0.4, -0.2) is 42.8 Å². The molecule has 1 saturated heterocycles. The lowest BCUT2D eigenvalue weighted by atomic mass is 10.0. The molecule has 3 aromatic rings. The Balaban J connectivity index is 1.70. The van der Waals surface area contributed by atoms with Gasteiger partial charge in [-0.3, -0.25) is 9.97 Å². The van der Waals surface area contributed by atoms with Crippen LogP contribution in [0.3, 0.4) is 0 Å². The van der Waals surface area contributed by atoms with E-state index in [2.05, 4.69) is 49.1 Å². The van der Waals surface area contributed by atoms with Gasteiger partial charge in [0.25, 0.3) is 0 Å². The van der Waals surface area contributed by atoms with Gasteiger partial charge in [0.2, 0.25) is 0 Å². The Labute approximate surface area is 169 Å². The van der Waals surface area contributed by atoms with E-state index in [0.717, 1.165) is 23.5 Å². The highest BCUT2D eigenvalue weighted by Crippen LogP contribution is 2.38. The lowest BCUT2D eigenvalue weighted by Crippen LogP contribution is -2.32. The zero-order chi connectivity index (χ0) is 19.3. The summed E-state index contributed by atoms with van der Waals surface area (Å²) in [5.41, 5.74) is 3.25. The van der Waals surface area contributed by atoms with Gasteiger partial charge in [-0.2, -0.15) is 0 Å². The van der Waals surface area contributed by atoms with Gasteiger partial charge in [-0.25, -0.2) is 0 Å². The first kappa shape index (κ1) is 18.6. The van der Waals surface area contributed by atoms with E-state index in [1.165, 1.54) is 0 Å². The van der Waals surface area contributed by atoms with Crippen molar-refractivity contribution < 1.29 is 5.11 Å². The second-order valence-corrected chi connectivity index (χ2v) is 7.21. The Bertz CT molecular complexity index is 915. The summed E-state index contributed by atoms with van der Waals surface area (Å²) in [5.74, 6) is 0. The molecule has 4 heterocycles. The molecule has 0 amide bonds. The summed E-state index contributed by atoms with van der Waals surface area (Å²) in [4.78, 5) is 11.0. The Kier molecular flexibility index (Phi) is 5.64. The van der Waals surface area contributed by atoms with E-state index >= 15 is 0 Å². The maximum Gasteiger partial charge on any atom is 0.170 e. The number of rotatable bonds is 7. The van der Waals surface area contributed by atoms with Crippen molar-refractivity contribution in [1.29, 1.82) is 0 Å². The predicted octanol–water partition coefficient (Wildman–Crippen LogP) is 2.68. The minimum Gasteiger partial charge on any atom is -0.396 e. The summed E-state index contributed by atoms with van der Waals surface area (Å²) in [6.07, 6.45) is 8.23. The summed E-state index contributed by atoms with van der Waals surface area (Å²) in [6.45, 7) is 1.56. The smallest absolute Gasteiger partial charge is 0.170 e. The van der Waals surface area contributed by atoms with Gasteiger partial charge in [0.05, 0.1) is 17.8 Å². The van der Waals surface area contributed by atoms with Crippen molar-refractivity contribution in [1.82, 2.24) is 24.8 Å². The SMILES string of the molecule is OCCCN1C(=S)N[C@H](c2ccccn2)[C@@H]1c1cccn1Cc1cccnc1. The molecule has 0 bridgehead atoms. The normalized spacial score (nSPS) is 19.0. The number of nitrogens with zero attached hydrogens (tertiary/aromatic N) is 4. The zero-order valence-corrected chi connectivity index (χ0v) is 16.3. The van der Waals surface area contributed by atoms with E-state index in [9.17, 15) is 5.11 Å². The second kappa shape index (κ2) is 8.50. The van der Waals surface area contributed by atoms with E-state index in [1.807, 2.05) is 36.7 Å². The van der Waals surface area contributed by atoms with Gasteiger partial charge in [-0.05, 0) is 54.5 Å². The van der Waals surface area contributed by atoms with Crippen LogP contribution in [0.1, 0.15) is 35.5 Å². The molecule has 28 heavy (non-hydrogen) atoms. The quantitative estimate of drug-likeness (QED) is 0.602. The molecular formula is C21H23N5OS. The summed E-state index contributed by atoms with van der Waals surface area (Å²) >= 11 is 5.64. The van der Waals surface area contributed by atoms with Gasteiger partial charge < -0.3 is 19.9 Å². The molecule has 2 N–H and O–H groups in total. The van der Waals surface area contributed by atoms with Crippen LogP contribution in [-0.2, 0) is 6.54 Å². The van der Waals surface area contributed by atoms with Crippen LogP contribution in [0.15, 0.2) is 67.3 Å². The number of aliphatic hydroxyl groups excluding tert-OH is 1. The molecule has 144 valence electrons. The minimum atomic E-state index is -0.0464. The van der Waals surface area contributed by atoms with Crippen molar-refractivity contribution in [2.75, 3.05) is 13.2 Å². The number of nitrogens with one attached hydrogen (secondary N) is 1. The van der Waals surface area contributed by atoms with E-state index in [0.29, 0.717) is 18.1 Å². The minimum absolute atomic E-state index is 0.000575. The third-order valence-corrected chi connectivity index (χ3v) is 5.35. The molecule has 0 aromatic carbocycles. The molecule has 2 atom stereocenters. The van der Waals surface area contributed by atoms with Gasteiger partial charge in [-0.1, -0.05) is 12.1 Å². The fourth-order valence-corrected chi connectivity index (χ4v) is 4.07. The number of thiocarbonyl (C=S) groups is 1. The molecule has 0 spiro atoms. The second-order valence-electron chi connectivity index (χ2n) is 6.82. The number of aromatic nitrogens is 3. The van der Waals surface area contributed by atoms with Crippen molar-refractivity contribution in [3.63, 3.8) is 0 Å². The molecule has 1 aliphatic rings. The monoisotopic (exact) mass is 393 g/mol. The van der Waals surface area contributed by atoms with Gasteiger partial charge in [0, 0.05) is 50.2 Å². The lowest BCUT2D eigenvalue weighted by molar-refractivity contribution is 0.243. The Morgan fingerprint density at radius 2 is 2.04 bits per heavy atom. The first-order valence-corrected chi connectivity index (χ1v) is 9.81. The number of pyridine rings is 2. The number of aliphatic hydroxyl groups is 1. The van der Waals surface area contributed by atoms with Crippen LogP contribution in [0.4, 0.5) is 0 Å². The molecule has 1 aliphatic heterocycles. The highest BCUT2D eigenvalue weighted by atomic mass is 32.1. The molecule has 0 radical (unpaired) electrons. The summed E-state index contributed by atoms with van der Waals surface area (Å²) < 4.78 is 2.24. The van der Waals surface area contributed by atoms with Crippen LogP contribution in [0.5, 0.6) is 0 Å². The topological polar surface area (TPSA) is 66.2 Å². The van der Waals surface area contributed by atoms with Gasteiger partial charge in [0.1, 0.15) is 0 Å². The third kappa shape index (κ3) is 3.76. The number of hydrogen-bond donors (Lipinski definition) is 2. The fourth-order valence-electron chi connectivity index (χ4n) is 3.74. The maximum absolute atomic E-state index is 9.35. The van der Waals surface area contributed by atoms with Crippen LogP contribution in [0.25, 0.3) is 0 Å². The molecule has 1 fully saturated rings. The molecule has 6 nitrogen and oxygen atoms in total. The number of hydrogen-bond acceptors (Lipinski definition) is 4. The Morgan fingerprint density at radius 3 is 2.79 bits per heavy atom. The third-order valence-electron chi connectivity index (χ3n) is 5.00. The Hall–Kier alpha value is -2.77. The first-order chi connectivity index (χ1) is 13.8. The maximum atomic E-state index is 9.35. The highest BCUT2D eigenvalue weighted by Gasteiger charge is 2.40. The molecule has 4 rings (SSSR count). The van der Waals surface area contributed by atoms with Gasteiger partial charge in [-0.15, -0.1) is 0 Å². The standard InChI is InChI=1S/C21H23N5OS/c27-13-5-12-26-20(19(24-21(26)28)17-7-1-2-10-23-17)18-8-4-11-25(18)15-16-6-3-9-22-14-16/h1-4,6-11,14,19-20,27H,5,12-13,15H2,(H,24,28)/t19-,20+/m1/s1. The summed E-state index contributed by atoms with van der Waals surface area (Å²) in [6, 6.07) is 14.1. The van der Waals surface area contributed by atoms with E-state index in [4.69, 9.17) is 12.2 Å². The molecule has 0 saturated carbocycles. The van der Waals surface area contributed by atoms with E-state index in [-0.39, 0.29) is 18.7 Å². The molecule has 7 heteroatoms. The molecule has 0 aliphatic carbocycles. The average molecular weight is 394 g/mol. The largest absolute Gasteiger partial charge is 0.396 e. The summed E-state index contributed by atoms with van der Waals surface area (Å²) in [7, 11) is 0. The van der Waals surface area contributed by atoms with Crippen molar-refractivity contribution in [2.45, 2.75) is 25.0 Å². The van der Waals surface area contributed by atoms with Crippen molar-refractivity contribution in [3.8, 4) is 0 Å². The zero-order valence-electron chi connectivity index (χ0n) is 15.5. The molecule has 0 unspecified atom stereocenters.